The quantitative estimate of drug-likeness (QED) is 0.271. The van der Waals surface area contributed by atoms with Crippen molar-refractivity contribution in [2.24, 2.45) is 11.7 Å². The highest BCUT2D eigenvalue weighted by Crippen LogP contribution is 2.19. The molecule has 2 rings (SSSR count). The normalized spacial score (nSPS) is 18.6. The molecule has 4 atom stereocenters. The van der Waals surface area contributed by atoms with E-state index in [1.54, 1.807) is 6.20 Å². The smallest absolute Gasteiger partial charge is 0.326 e. The third kappa shape index (κ3) is 7.46. The van der Waals surface area contributed by atoms with Crippen LogP contribution in [0.25, 0.3) is 0 Å². The number of aromatic amines is 1. The van der Waals surface area contributed by atoms with E-state index in [0.717, 1.165) is 0 Å². The van der Waals surface area contributed by atoms with E-state index in [4.69, 9.17) is 5.73 Å². The highest BCUT2D eigenvalue weighted by Gasteiger charge is 2.38. The van der Waals surface area contributed by atoms with Gasteiger partial charge >= 0.3 is 5.97 Å². The Morgan fingerprint density at radius 3 is 2.55 bits per heavy atom. The lowest BCUT2D eigenvalue weighted by Crippen LogP contribution is -2.58. The fourth-order valence-corrected chi connectivity index (χ4v) is 4.12. The molecule has 2 heterocycles. The number of amides is 3. The average Bonchev–Trinajstić information content (AvgIpc) is 3.46. The number of H-pyrrole nitrogens is 1. The highest BCUT2D eigenvalue weighted by atomic mass is 32.2. The van der Waals surface area contributed by atoms with Gasteiger partial charge < -0.3 is 31.4 Å². The number of likely N-dealkylation sites (tertiary alicyclic amines) is 1. The molecule has 0 saturated carbocycles. The van der Waals surface area contributed by atoms with E-state index >= 15 is 0 Å². The standard InChI is InChI=1S/C21H34N6O5S/c1-12(2)17(22)19(29)25-14(6-8-33-3)18(28)26-15(9-13-10-23-11-24-13)20(30)27-7-4-5-16(27)21(31)32/h10-12,14-17H,4-9,22H2,1-3H3,(H,23,24)(H,25,29)(H,26,28)(H,31,32). The van der Waals surface area contributed by atoms with Gasteiger partial charge in [0.2, 0.25) is 17.7 Å². The number of thioether (sulfide) groups is 1. The van der Waals surface area contributed by atoms with Gasteiger partial charge in [0.05, 0.1) is 12.4 Å². The van der Waals surface area contributed by atoms with E-state index in [9.17, 15) is 24.3 Å². The van der Waals surface area contributed by atoms with Crippen LogP contribution in [-0.4, -0.2) is 86.4 Å². The molecule has 1 aromatic heterocycles. The fraction of sp³-hybridized carbons (Fsp3) is 0.667. The minimum Gasteiger partial charge on any atom is -0.480 e. The zero-order chi connectivity index (χ0) is 24.5. The Morgan fingerprint density at radius 1 is 1.27 bits per heavy atom. The van der Waals surface area contributed by atoms with Gasteiger partial charge in [-0.05, 0) is 37.2 Å². The topological polar surface area (TPSA) is 171 Å². The number of carbonyl (C=O) groups excluding carboxylic acids is 3. The van der Waals surface area contributed by atoms with Crippen LogP contribution in [0.15, 0.2) is 12.5 Å². The summed E-state index contributed by atoms with van der Waals surface area (Å²) in [5, 5.41) is 14.9. The second-order valence-electron chi connectivity index (χ2n) is 8.48. The molecule has 3 amide bonds. The van der Waals surface area contributed by atoms with Crippen LogP contribution in [0.1, 0.15) is 38.8 Å². The monoisotopic (exact) mass is 482 g/mol. The lowest BCUT2D eigenvalue weighted by molar-refractivity contribution is -0.149. The zero-order valence-electron chi connectivity index (χ0n) is 19.2. The Kier molecular flexibility index (Phi) is 10.2. The number of rotatable bonds is 12. The van der Waals surface area contributed by atoms with E-state index in [0.29, 0.717) is 37.3 Å². The first-order valence-corrected chi connectivity index (χ1v) is 12.4. The first-order valence-electron chi connectivity index (χ1n) is 11.0. The number of aliphatic carboxylic acids is 1. The molecule has 0 radical (unpaired) electrons. The lowest BCUT2D eigenvalue weighted by atomic mass is 10.0. The van der Waals surface area contributed by atoms with Crippen LogP contribution >= 0.6 is 11.8 Å². The summed E-state index contributed by atoms with van der Waals surface area (Å²) in [6, 6.07) is -3.57. The summed E-state index contributed by atoms with van der Waals surface area (Å²) in [5.41, 5.74) is 6.54. The summed E-state index contributed by atoms with van der Waals surface area (Å²) in [6.45, 7) is 3.94. The van der Waals surface area contributed by atoms with E-state index in [2.05, 4.69) is 20.6 Å². The molecule has 1 aromatic rings. The molecule has 0 aliphatic carbocycles. The number of nitrogens with one attached hydrogen (secondary N) is 3. The van der Waals surface area contributed by atoms with Crippen LogP contribution in [0.3, 0.4) is 0 Å². The van der Waals surface area contributed by atoms with E-state index in [1.807, 2.05) is 20.1 Å². The number of nitrogens with zero attached hydrogens (tertiary/aromatic N) is 2. The van der Waals surface area contributed by atoms with Crippen LogP contribution < -0.4 is 16.4 Å². The van der Waals surface area contributed by atoms with Crippen LogP contribution in [0, 0.1) is 5.92 Å². The number of nitrogens with two attached hydrogens (primary N) is 1. The molecule has 1 fully saturated rings. The van der Waals surface area contributed by atoms with Crippen molar-refractivity contribution in [1.29, 1.82) is 0 Å². The van der Waals surface area contributed by atoms with Crippen molar-refractivity contribution in [3.8, 4) is 0 Å². The summed E-state index contributed by atoms with van der Waals surface area (Å²) >= 11 is 1.53. The SMILES string of the molecule is CSCCC(NC(=O)C(N)C(C)C)C(=O)NC(Cc1cnc[nH]1)C(=O)N1CCCC1C(=O)O. The first kappa shape index (κ1) is 26.7. The van der Waals surface area contributed by atoms with Crippen molar-refractivity contribution < 1.29 is 24.3 Å². The van der Waals surface area contributed by atoms with Crippen molar-refractivity contribution >= 4 is 35.5 Å². The summed E-state index contributed by atoms with van der Waals surface area (Å²) in [7, 11) is 0. The van der Waals surface area contributed by atoms with Crippen molar-refractivity contribution in [2.75, 3.05) is 18.6 Å². The maximum absolute atomic E-state index is 13.3. The second-order valence-corrected chi connectivity index (χ2v) is 9.47. The Hall–Kier alpha value is -2.60. The van der Waals surface area contributed by atoms with E-state index in [-0.39, 0.29) is 12.3 Å². The summed E-state index contributed by atoms with van der Waals surface area (Å²) in [4.78, 5) is 58.7. The number of carboxylic acids is 1. The van der Waals surface area contributed by atoms with Crippen LogP contribution in [0.5, 0.6) is 0 Å². The third-order valence-electron chi connectivity index (χ3n) is 5.68. The highest BCUT2D eigenvalue weighted by molar-refractivity contribution is 7.98. The molecule has 184 valence electrons. The number of carbonyl (C=O) groups is 4. The zero-order valence-corrected chi connectivity index (χ0v) is 20.1. The van der Waals surface area contributed by atoms with Gasteiger partial charge in [-0.2, -0.15) is 11.8 Å². The van der Waals surface area contributed by atoms with Gasteiger partial charge in [-0.1, -0.05) is 13.8 Å². The number of imidazole rings is 1. The third-order valence-corrected chi connectivity index (χ3v) is 6.32. The first-order chi connectivity index (χ1) is 15.6. The molecule has 12 heteroatoms. The molecule has 6 N–H and O–H groups in total. The van der Waals surface area contributed by atoms with Gasteiger partial charge in [-0.15, -0.1) is 0 Å². The fourth-order valence-electron chi connectivity index (χ4n) is 3.65. The Morgan fingerprint density at radius 2 is 1.97 bits per heavy atom. The van der Waals surface area contributed by atoms with Crippen molar-refractivity contribution in [3.63, 3.8) is 0 Å². The van der Waals surface area contributed by atoms with Gasteiger partial charge in [-0.3, -0.25) is 14.4 Å². The molecule has 0 aromatic carbocycles. The molecular formula is C21H34N6O5S. The Labute approximate surface area is 197 Å². The van der Waals surface area contributed by atoms with Gasteiger partial charge in [0, 0.05) is 24.9 Å². The summed E-state index contributed by atoms with van der Waals surface area (Å²) in [5.74, 6) is -1.99. The molecule has 1 saturated heterocycles. The number of hydrogen-bond acceptors (Lipinski definition) is 7. The largest absolute Gasteiger partial charge is 0.480 e. The predicted molar refractivity (Wildman–Crippen MR) is 124 cm³/mol. The van der Waals surface area contributed by atoms with Gasteiger partial charge in [0.15, 0.2) is 0 Å². The average molecular weight is 483 g/mol. The number of aromatic nitrogens is 2. The van der Waals surface area contributed by atoms with Crippen LogP contribution in [0.4, 0.5) is 0 Å². The van der Waals surface area contributed by atoms with Crippen molar-refractivity contribution in [1.82, 2.24) is 25.5 Å². The second kappa shape index (κ2) is 12.6. The molecule has 1 aliphatic heterocycles. The maximum atomic E-state index is 13.3. The molecule has 11 nitrogen and oxygen atoms in total. The van der Waals surface area contributed by atoms with Crippen molar-refractivity contribution in [2.45, 2.75) is 63.7 Å². The molecule has 33 heavy (non-hydrogen) atoms. The minimum atomic E-state index is -1.07. The van der Waals surface area contributed by atoms with E-state index in [1.165, 1.54) is 23.0 Å². The maximum Gasteiger partial charge on any atom is 0.326 e. The Bertz CT molecular complexity index is 818. The van der Waals surface area contributed by atoms with Crippen LogP contribution in [0.2, 0.25) is 0 Å². The summed E-state index contributed by atoms with van der Waals surface area (Å²) in [6.07, 6.45) is 6.31. The number of carboxylic acid groups (broad SMARTS) is 1. The minimum absolute atomic E-state index is 0.105. The van der Waals surface area contributed by atoms with E-state index < -0.39 is 47.9 Å². The number of hydrogen-bond donors (Lipinski definition) is 5. The predicted octanol–water partition coefficient (Wildman–Crippen LogP) is -0.266. The van der Waals surface area contributed by atoms with Gasteiger partial charge in [0.25, 0.3) is 0 Å². The molecular weight excluding hydrogens is 448 g/mol. The summed E-state index contributed by atoms with van der Waals surface area (Å²) < 4.78 is 0. The lowest BCUT2D eigenvalue weighted by Gasteiger charge is -2.29. The molecule has 4 unspecified atom stereocenters. The molecule has 0 spiro atoms. The van der Waals surface area contributed by atoms with Crippen LogP contribution in [-0.2, 0) is 25.6 Å². The van der Waals surface area contributed by atoms with Gasteiger partial charge in [-0.25, -0.2) is 9.78 Å². The molecule has 1 aliphatic rings. The van der Waals surface area contributed by atoms with Crippen molar-refractivity contribution in [3.05, 3.63) is 18.2 Å². The Balaban J connectivity index is 2.20. The molecule has 0 bridgehead atoms. The van der Waals surface area contributed by atoms with Gasteiger partial charge in [0.1, 0.15) is 18.1 Å².